The van der Waals surface area contributed by atoms with Gasteiger partial charge in [0.05, 0.1) is 12.1 Å². The molecule has 4 bridgehead atoms. The Labute approximate surface area is 149 Å². The molecule has 2 atom stereocenters. The molecule has 140 valence electrons. The van der Waals surface area contributed by atoms with Crippen molar-refractivity contribution in [2.75, 3.05) is 13.1 Å². The van der Waals surface area contributed by atoms with Crippen LogP contribution >= 0.6 is 0 Å². The second-order valence-corrected chi connectivity index (χ2v) is 9.11. The van der Waals surface area contributed by atoms with Crippen LogP contribution in [0.25, 0.3) is 0 Å². The number of likely N-dealkylation sites (tertiary alicyclic amines) is 1. The molecule has 0 spiro atoms. The van der Waals surface area contributed by atoms with Gasteiger partial charge in [-0.25, -0.2) is 4.79 Å². The van der Waals surface area contributed by atoms with Gasteiger partial charge in [0.25, 0.3) is 0 Å². The van der Waals surface area contributed by atoms with Crippen LogP contribution in [-0.4, -0.2) is 52.7 Å². The number of carbonyl (C=O) groups excluding carboxylic acids is 2. The summed E-state index contributed by atoms with van der Waals surface area (Å²) in [6.45, 7) is 3.11. The molecule has 1 saturated heterocycles. The second kappa shape index (κ2) is 6.54. The quantitative estimate of drug-likeness (QED) is 0.723. The smallest absolute Gasteiger partial charge is 0.321 e. The molecule has 0 radical (unpaired) electrons. The molecule has 1 aliphatic heterocycles. The van der Waals surface area contributed by atoms with Gasteiger partial charge in [0.15, 0.2) is 0 Å². The third-order valence-electron chi connectivity index (χ3n) is 7.01. The number of aliphatic hydroxyl groups is 1. The number of nitrogens with zero attached hydrogens (tertiary/aromatic N) is 1. The number of hydrogen-bond acceptors (Lipinski definition) is 4. The lowest BCUT2D eigenvalue weighted by atomic mass is 9.53. The van der Waals surface area contributed by atoms with Crippen LogP contribution in [0.5, 0.6) is 0 Å². The Morgan fingerprint density at radius 2 is 1.72 bits per heavy atom. The maximum absolute atomic E-state index is 12.5. The number of imide groups is 1. The van der Waals surface area contributed by atoms with Gasteiger partial charge in [0.2, 0.25) is 5.91 Å². The van der Waals surface area contributed by atoms with Gasteiger partial charge < -0.3 is 10.4 Å². The molecule has 6 nitrogen and oxygen atoms in total. The number of β-amino-alcohol motifs (C(OH)–C–C–N with tert-alkyl or cyclic N) is 1. The summed E-state index contributed by atoms with van der Waals surface area (Å²) in [4.78, 5) is 26.9. The van der Waals surface area contributed by atoms with E-state index in [0.717, 1.165) is 56.4 Å². The van der Waals surface area contributed by atoms with E-state index in [9.17, 15) is 14.7 Å². The van der Waals surface area contributed by atoms with Gasteiger partial charge in [-0.15, -0.1) is 0 Å². The Morgan fingerprint density at radius 1 is 1.12 bits per heavy atom. The largest absolute Gasteiger partial charge is 0.392 e. The van der Waals surface area contributed by atoms with Crippen molar-refractivity contribution in [1.82, 2.24) is 15.5 Å². The van der Waals surface area contributed by atoms with Crippen molar-refractivity contribution in [3.8, 4) is 0 Å². The van der Waals surface area contributed by atoms with E-state index in [1.165, 1.54) is 19.3 Å². The normalized spacial score (nSPS) is 41.4. The number of carbonyl (C=O) groups is 2. The third kappa shape index (κ3) is 3.56. The lowest BCUT2D eigenvalue weighted by Gasteiger charge is -2.56. The fourth-order valence-corrected chi connectivity index (χ4v) is 6.25. The van der Waals surface area contributed by atoms with E-state index >= 15 is 0 Å². The van der Waals surface area contributed by atoms with E-state index in [1.54, 1.807) is 0 Å². The van der Waals surface area contributed by atoms with Crippen molar-refractivity contribution in [3.05, 3.63) is 0 Å². The van der Waals surface area contributed by atoms with Gasteiger partial charge in [0.1, 0.15) is 0 Å². The molecule has 0 aromatic carbocycles. The van der Waals surface area contributed by atoms with Gasteiger partial charge in [-0.2, -0.15) is 0 Å². The van der Waals surface area contributed by atoms with Crippen LogP contribution in [0.15, 0.2) is 0 Å². The van der Waals surface area contributed by atoms with E-state index in [-0.39, 0.29) is 23.6 Å². The number of piperidine rings is 1. The van der Waals surface area contributed by atoms with Crippen LogP contribution in [0, 0.1) is 17.8 Å². The molecular formula is C19H31N3O3. The van der Waals surface area contributed by atoms with Gasteiger partial charge in [-0.05, 0) is 82.6 Å². The molecule has 5 fully saturated rings. The number of hydrogen-bond donors (Lipinski definition) is 3. The molecule has 2 unspecified atom stereocenters. The lowest BCUT2D eigenvalue weighted by Crippen LogP contribution is -2.62. The van der Waals surface area contributed by atoms with Gasteiger partial charge >= 0.3 is 6.03 Å². The van der Waals surface area contributed by atoms with E-state index in [2.05, 4.69) is 10.6 Å². The lowest BCUT2D eigenvalue weighted by molar-refractivity contribution is -0.125. The monoisotopic (exact) mass is 349 g/mol. The standard InChI is InChI=1S/C19H31N3O3/c1-12(22-4-2-3-16(23)11-22)17(24)20-18(25)21-19-8-13-5-14(9-19)7-15(6-13)10-19/h12-16,23H,2-11H2,1H3,(H2,20,21,24,25). The fraction of sp³-hybridized carbons (Fsp3) is 0.895. The first kappa shape index (κ1) is 17.3. The number of urea groups is 1. The summed E-state index contributed by atoms with van der Waals surface area (Å²) >= 11 is 0. The molecule has 0 aromatic heterocycles. The predicted molar refractivity (Wildman–Crippen MR) is 93.9 cm³/mol. The highest BCUT2D eigenvalue weighted by atomic mass is 16.3. The molecule has 4 saturated carbocycles. The fourth-order valence-electron chi connectivity index (χ4n) is 6.25. The Hall–Kier alpha value is -1.14. The first-order valence-corrected chi connectivity index (χ1v) is 9.97. The van der Waals surface area contributed by atoms with E-state index < -0.39 is 6.04 Å². The summed E-state index contributed by atoms with van der Waals surface area (Å²) in [6, 6.07) is -0.728. The third-order valence-corrected chi connectivity index (χ3v) is 7.01. The van der Waals surface area contributed by atoms with Crippen molar-refractivity contribution < 1.29 is 14.7 Å². The first-order valence-electron chi connectivity index (χ1n) is 9.97. The zero-order chi connectivity index (χ0) is 17.6. The van der Waals surface area contributed by atoms with Gasteiger partial charge in [-0.3, -0.25) is 15.0 Å². The number of rotatable bonds is 3. The summed E-state index contributed by atoms with van der Waals surface area (Å²) < 4.78 is 0. The minimum atomic E-state index is -0.392. The number of nitrogens with one attached hydrogen (secondary N) is 2. The highest BCUT2D eigenvalue weighted by molar-refractivity contribution is 5.97. The second-order valence-electron chi connectivity index (χ2n) is 9.11. The zero-order valence-electron chi connectivity index (χ0n) is 15.2. The van der Waals surface area contributed by atoms with E-state index in [0.29, 0.717) is 6.54 Å². The summed E-state index contributed by atoms with van der Waals surface area (Å²) in [6.07, 6.45) is 8.53. The van der Waals surface area contributed by atoms with Crippen LogP contribution in [0.3, 0.4) is 0 Å². The van der Waals surface area contributed by atoms with Crippen molar-refractivity contribution in [2.24, 2.45) is 17.8 Å². The number of aliphatic hydroxyl groups excluding tert-OH is 1. The summed E-state index contributed by atoms with van der Waals surface area (Å²) in [7, 11) is 0. The predicted octanol–water partition coefficient (Wildman–Crippen LogP) is 1.63. The van der Waals surface area contributed by atoms with Gasteiger partial charge in [0, 0.05) is 12.1 Å². The maximum atomic E-state index is 12.5. The first-order chi connectivity index (χ1) is 11.9. The van der Waals surface area contributed by atoms with Crippen molar-refractivity contribution in [2.45, 2.75) is 76.0 Å². The molecule has 3 amide bonds. The molecule has 5 rings (SSSR count). The molecular weight excluding hydrogens is 318 g/mol. The average Bonchev–Trinajstić information content (AvgIpc) is 2.52. The Balaban J connectivity index is 1.32. The summed E-state index contributed by atoms with van der Waals surface area (Å²) in [5, 5.41) is 15.5. The van der Waals surface area contributed by atoms with Crippen LogP contribution in [0.1, 0.15) is 58.3 Å². The molecule has 0 aromatic rings. The Morgan fingerprint density at radius 3 is 2.28 bits per heavy atom. The molecule has 5 aliphatic rings. The molecule has 4 aliphatic carbocycles. The van der Waals surface area contributed by atoms with E-state index in [4.69, 9.17) is 0 Å². The van der Waals surface area contributed by atoms with Crippen molar-refractivity contribution >= 4 is 11.9 Å². The van der Waals surface area contributed by atoms with Crippen molar-refractivity contribution in [3.63, 3.8) is 0 Å². The van der Waals surface area contributed by atoms with Crippen LogP contribution in [0.4, 0.5) is 4.79 Å². The molecule has 3 N–H and O–H groups in total. The molecule has 1 heterocycles. The Bertz CT molecular complexity index is 515. The molecule has 6 heteroatoms. The van der Waals surface area contributed by atoms with Crippen molar-refractivity contribution in [1.29, 1.82) is 0 Å². The SMILES string of the molecule is CC(C(=O)NC(=O)NC12CC3CC(CC(C3)C1)C2)N1CCCC(O)C1. The highest BCUT2D eigenvalue weighted by Crippen LogP contribution is 2.55. The molecule has 25 heavy (non-hydrogen) atoms. The zero-order valence-corrected chi connectivity index (χ0v) is 15.2. The maximum Gasteiger partial charge on any atom is 0.321 e. The number of amides is 3. The summed E-state index contributed by atoms with van der Waals surface area (Å²) in [5.41, 5.74) is -0.0797. The van der Waals surface area contributed by atoms with Crippen LogP contribution in [0.2, 0.25) is 0 Å². The minimum Gasteiger partial charge on any atom is -0.392 e. The summed E-state index contributed by atoms with van der Waals surface area (Å²) in [5.74, 6) is 2.01. The Kier molecular flexibility index (Phi) is 4.52. The van der Waals surface area contributed by atoms with Crippen LogP contribution < -0.4 is 10.6 Å². The van der Waals surface area contributed by atoms with Gasteiger partial charge in [-0.1, -0.05) is 0 Å². The topological polar surface area (TPSA) is 81.7 Å². The van der Waals surface area contributed by atoms with Crippen LogP contribution in [-0.2, 0) is 4.79 Å². The highest BCUT2D eigenvalue weighted by Gasteiger charge is 2.51. The average molecular weight is 349 g/mol. The minimum absolute atomic E-state index is 0.0797. The van der Waals surface area contributed by atoms with E-state index in [1.807, 2.05) is 11.8 Å².